The summed E-state index contributed by atoms with van der Waals surface area (Å²) in [6, 6.07) is 10.2. The van der Waals surface area contributed by atoms with Gasteiger partial charge in [0.1, 0.15) is 11.8 Å². The molecular formula is C22H28N4O4. The third-order valence-corrected chi connectivity index (χ3v) is 5.23. The molecule has 3 rings (SSSR count). The topological polar surface area (TPSA) is 105 Å². The number of rotatable bonds is 8. The zero-order valence-corrected chi connectivity index (χ0v) is 17.4. The Kier molecular flexibility index (Phi) is 7.21. The second-order valence-electron chi connectivity index (χ2n) is 7.64. The van der Waals surface area contributed by atoms with Gasteiger partial charge in [-0.15, -0.1) is 0 Å². The molecule has 1 fully saturated rings. The number of hydrogen-bond acceptors (Lipinski definition) is 5. The molecular weight excluding hydrogens is 384 g/mol. The largest absolute Gasteiger partial charge is 0.360 e. The van der Waals surface area contributed by atoms with Gasteiger partial charge >= 0.3 is 0 Å². The second-order valence-corrected chi connectivity index (χ2v) is 7.64. The van der Waals surface area contributed by atoms with Crippen LogP contribution in [0.2, 0.25) is 0 Å². The fraction of sp³-hybridized carbons (Fsp3) is 0.455. The van der Waals surface area contributed by atoms with E-state index in [9.17, 15) is 14.4 Å². The van der Waals surface area contributed by atoms with Gasteiger partial charge < -0.3 is 20.1 Å². The SMILES string of the molecule is Cc1cc(NC(=O)CCC(=O)N(c2ccccc2)[C@H](C)C(=O)NC2CCCC2)no1. The lowest BCUT2D eigenvalue weighted by Crippen LogP contribution is -2.50. The summed E-state index contributed by atoms with van der Waals surface area (Å²) in [5.41, 5.74) is 0.629. The molecule has 0 unspecified atom stereocenters. The van der Waals surface area contributed by atoms with Crippen LogP contribution in [0.15, 0.2) is 40.9 Å². The highest BCUT2D eigenvalue weighted by Crippen LogP contribution is 2.21. The maximum absolute atomic E-state index is 13.0. The summed E-state index contributed by atoms with van der Waals surface area (Å²) < 4.78 is 4.92. The van der Waals surface area contributed by atoms with Crippen molar-refractivity contribution < 1.29 is 18.9 Å². The van der Waals surface area contributed by atoms with Gasteiger partial charge in [-0.1, -0.05) is 36.2 Å². The fourth-order valence-electron chi connectivity index (χ4n) is 3.65. The number of aryl methyl sites for hydroxylation is 1. The monoisotopic (exact) mass is 412 g/mol. The van der Waals surface area contributed by atoms with Gasteiger partial charge in [0.15, 0.2) is 5.82 Å². The van der Waals surface area contributed by atoms with E-state index in [4.69, 9.17) is 4.52 Å². The molecule has 0 saturated heterocycles. The lowest BCUT2D eigenvalue weighted by atomic mass is 10.1. The highest BCUT2D eigenvalue weighted by molar-refractivity contribution is 6.02. The van der Waals surface area contributed by atoms with Crippen LogP contribution in [0.25, 0.3) is 0 Å². The molecule has 0 spiro atoms. The van der Waals surface area contributed by atoms with Crippen LogP contribution < -0.4 is 15.5 Å². The van der Waals surface area contributed by atoms with Crippen LogP contribution in [0, 0.1) is 6.92 Å². The van der Waals surface area contributed by atoms with Crippen LogP contribution in [0.3, 0.4) is 0 Å². The van der Waals surface area contributed by atoms with E-state index in [0.717, 1.165) is 25.7 Å². The van der Waals surface area contributed by atoms with Crippen molar-refractivity contribution in [3.05, 3.63) is 42.2 Å². The Morgan fingerprint density at radius 3 is 2.50 bits per heavy atom. The van der Waals surface area contributed by atoms with E-state index in [-0.39, 0.29) is 36.6 Å². The Labute approximate surface area is 176 Å². The number of aromatic nitrogens is 1. The molecule has 8 heteroatoms. The average molecular weight is 412 g/mol. The Balaban J connectivity index is 1.64. The molecule has 3 amide bonds. The number of nitrogens with zero attached hydrogens (tertiary/aromatic N) is 2. The van der Waals surface area contributed by atoms with Crippen molar-refractivity contribution in [2.45, 2.75) is 64.5 Å². The van der Waals surface area contributed by atoms with Crippen molar-refractivity contribution in [1.82, 2.24) is 10.5 Å². The summed E-state index contributed by atoms with van der Waals surface area (Å²) in [6.07, 6.45) is 4.12. The van der Waals surface area contributed by atoms with E-state index in [0.29, 0.717) is 17.3 Å². The van der Waals surface area contributed by atoms with Gasteiger partial charge in [0.25, 0.3) is 0 Å². The van der Waals surface area contributed by atoms with Crippen molar-refractivity contribution in [3.63, 3.8) is 0 Å². The van der Waals surface area contributed by atoms with Crippen LogP contribution in [-0.4, -0.2) is 35.0 Å². The molecule has 30 heavy (non-hydrogen) atoms. The van der Waals surface area contributed by atoms with Crippen molar-refractivity contribution in [2.24, 2.45) is 0 Å². The zero-order chi connectivity index (χ0) is 21.5. The van der Waals surface area contributed by atoms with E-state index in [1.807, 2.05) is 18.2 Å². The summed E-state index contributed by atoms with van der Waals surface area (Å²) in [7, 11) is 0. The molecule has 8 nitrogen and oxygen atoms in total. The summed E-state index contributed by atoms with van der Waals surface area (Å²) in [5, 5.41) is 9.37. The Hall–Kier alpha value is -3.16. The van der Waals surface area contributed by atoms with Crippen LogP contribution in [-0.2, 0) is 14.4 Å². The smallest absolute Gasteiger partial charge is 0.243 e. The molecule has 160 valence electrons. The number of carbonyl (C=O) groups is 3. The molecule has 2 aromatic rings. The zero-order valence-electron chi connectivity index (χ0n) is 17.4. The lowest BCUT2D eigenvalue weighted by molar-refractivity contribution is -0.127. The first-order valence-corrected chi connectivity index (χ1v) is 10.3. The number of anilines is 2. The third-order valence-electron chi connectivity index (χ3n) is 5.23. The third kappa shape index (κ3) is 5.68. The molecule has 1 aliphatic rings. The first kappa shape index (κ1) is 21.5. The minimum Gasteiger partial charge on any atom is -0.360 e. The van der Waals surface area contributed by atoms with Gasteiger partial charge in [0, 0.05) is 30.6 Å². The first-order chi connectivity index (χ1) is 14.4. The van der Waals surface area contributed by atoms with Gasteiger partial charge in [-0.2, -0.15) is 0 Å². The van der Waals surface area contributed by atoms with Gasteiger partial charge in [-0.05, 0) is 38.8 Å². The minimum absolute atomic E-state index is 0.0228. The molecule has 0 radical (unpaired) electrons. The van der Waals surface area contributed by atoms with Crippen molar-refractivity contribution in [2.75, 3.05) is 10.2 Å². The Morgan fingerprint density at radius 1 is 1.17 bits per heavy atom. The average Bonchev–Trinajstić information content (AvgIpc) is 3.39. The van der Waals surface area contributed by atoms with Crippen molar-refractivity contribution in [1.29, 1.82) is 0 Å². The lowest BCUT2D eigenvalue weighted by Gasteiger charge is -2.29. The van der Waals surface area contributed by atoms with Crippen LogP contribution in [0.1, 0.15) is 51.2 Å². The maximum atomic E-state index is 13.0. The predicted molar refractivity (Wildman–Crippen MR) is 113 cm³/mol. The summed E-state index contributed by atoms with van der Waals surface area (Å²) in [5.74, 6) is 0.0870. The summed E-state index contributed by atoms with van der Waals surface area (Å²) in [6.45, 7) is 3.44. The number of para-hydroxylation sites is 1. The predicted octanol–water partition coefficient (Wildman–Crippen LogP) is 3.18. The van der Waals surface area contributed by atoms with E-state index >= 15 is 0 Å². The van der Waals surface area contributed by atoms with E-state index in [2.05, 4.69) is 15.8 Å². The molecule has 1 aromatic heterocycles. The summed E-state index contributed by atoms with van der Waals surface area (Å²) in [4.78, 5) is 39.5. The highest BCUT2D eigenvalue weighted by Gasteiger charge is 2.29. The second kappa shape index (κ2) is 10.0. The standard InChI is InChI=1S/C22H28N4O4/c1-15-14-19(25-30-15)24-20(27)12-13-21(28)26(18-10-4-3-5-11-18)16(2)22(29)23-17-8-6-7-9-17/h3-5,10-11,14,16-17H,6-9,12-13H2,1-2H3,(H,23,29)(H,24,25,27)/t16-/m1/s1. The minimum atomic E-state index is -0.679. The van der Waals surface area contributed by atoms with Gasteiger partial charge in [0.2, 0.25) is 17.7 Å². The van der Waals surface area contributed by atoms with Gasteiger partial charge in [-0.3, -0.25) is 14.4 Å². The van der Waals surface area contributed by atoms with E-state index < -0.39 is 6.04 Å². The van der Waals surface area contributed by atoms with Crippen LogP contribution >= 0.6 is 0 Å². The molecule has 1 heterocycles. The number of carbonyl (C=O) groups excluding carboxylic acids is 3. The fourth-order valence-corrected chi connectivity index (χ4v) is 3.65. The van der Waals surface area contributed by atoms with E-state index in [1.54, 1.807) is 32.0 Å². The van der Waals surface area contributed by atoms with Gasteiger partial charge in [-0.25, -0.2) is 0 Å². The Bertz CT molecular complexity index is 874. The molecule has 2 N–H and O–H groups in total. The Morgan fingerprint density at radius 2 is 1.87 bits per heavy atom. The number of nitrogens with one attached hydrogen (secondary N) is 2. The summed E-state index contributed by atoms with van der Waals surface area (Å²) >= 11 is 0. The maximum Gasteiger partial charge on any atom is 0.243 e. The number of hydrogen-bond donors (Lipinski definition) is 2. The number of benzene rings is 1. The molecule has 1 aromatic carbocycles. The first-order valence-electron chi connectivity index (χ1n) is 10.3. The number of amides is 3. The normalized spacial score (nSPS) is 14.9. The molecule has 0 bridgehead atoms. The quantitative estimate of drug-likeness (QED) is 0.693. The van der Waals surface area contributed by atoms with Crippen molar-refractivity contribution >= 4 is 29.2 Å². The molecule has 1 atom stereocenters. The molecule has 1 aliphatic carbocycles. The van der Waals surface area contributed by atoms with Crippen molar-refractivity contribution in [3.8, 4) is 0 Å². The molecule has 1 saturated carbocycles. The highest BCUT2D eigenvalue weighted by atomic mass is 16.5. The molecule has 0 aliphatic heterocycles. The van der Waals surface area contributed by atoms with Crippen LogP contribution in [0.4, 0.5) is 11.5 Å². The van der Waals surface area contributed by atoms with E-state index in [1.165, 1.54) is 4.90 Å². The van der Waals surface area contributed by atoms with Crippen LogP contribution in [0.5, 0.6) is 0 Å². The van der Waals surface area contributed by atoms with Gasteiger partial charge in [0.05, 0.1) is 0 Å².